The Morgan fingerprint density at radius 3 is 3.06 bits per heavy atom. The first-order chi connectivity index (χ1) is 8.38. The van der Waals surface area contributed by atoms with Crippen LogP contribution in [-0.2, 0) is 6.42 Å². The fourth-order valence-corrected chi connectivity index (χ4v) is 1.38. The van der Waals surface area contributed by atoms with E-state index in [1.807, 2.05) is 6.07 Å². The van der Waals surface area contributed by atoms with Gasteiger partial charge in [0.25, 0.3) is 0 Å². The van der Waals surface area contributed by atoms with Crippen LogP contribution >= 0.6 is 0 Å². The molecular formula is C12H11N3O2. The molecule has 0 spiro atoms. The molecule has 0 fully saturated rings. The number of aromatic nitrogens is 2. The lowest BCUT2D eigenvalue weighted by Gasteiger charge is -2.04. The van der Waals surface area contributed by atoms with Crippen molar-refractivity contribution >= 4 is 0 Å². The van der Waals surface area contributed by atoms with Gasteiger partial charge in [-0.1, -0.05) is 5.16 Å². The maximum Gasteiger partial charge on any atom is 0.138 e. The van der Waals surface area contributed by atoms with Crippen LogP contribution in [0.4, 0.5) is 0 Å². The monoisotopic (exact) mass is 229 g/mol. The van der Waals surface area contributed by atoms with Crippen LogP contribution in [0.15, 0.2) is 35.4 Å². The standard InChI is InChI=1S/C12H11N3O2/c13-5-11-4-12(8-14-6-11)16-3-1-2-10-7-15-17-9-10/h4,6-9H,1-3H2. The first kappa shape index (κ1) is 11.1. The molecule has 0 N–H and O–H groups in total. The maximum atomic E-state index is 8.70. The normalized spacial score (nSPS) is 9.82. The summed E-state index contributed by atoms with van der Waals surface area (Å²) in [5, 5.41) is 12.3. The van der Waals surface area contributed by atoms with Gasteiger partial charge in [0.2, 0.25) is 0 Å². The SMILES string of the molecule is N#Cc1cncc(OCCCc2cnoc2)c1. The van der Waals surface area contributed by atoms with E-state index in [1.165, 1.54) is 6.20 Å². The minimum Gasteiger partial charge on any atom is -0.492 e. The zero-order chi connectivity index (χ0) is 11.9. The molecule has 0 amide bonds. The largest absolute Gasteiger partial charge is 0.492 e. The van der Waals surface area contributed by atoms with Gasteiger partial charge >= 0.3 is 0 Å². The molecule has 0 aliphatic heterocycles. The third kappa shape index (κ3) is 3.31. The summed E-state index contributed by atoms with van der Waals surface area (Å²) in [5.74, 6) is 0.620. The summed E-state index contributed by atoms with van der Waals surface area (Å²) >= 11 is 0. The quantitative estimate of drug-likeness (QED) is 0.733. The Hall–Kier alpha value is -2.35. The summed E-state index contributed by atoms with van der Waals surface area (Å²) in [6.07, 6.45) is 8.13. The van der Waals surface area contributed by atoms with E-state index in [1.54, 1.807) is 24.7 Å². The highest BCUT2D eigenvalue weighted by Gasteiger charge is 1.99. The lowest BCUT2D eigenvalue weighted by molar-refractivity contribution is 0.309. The van der Waals surface area contributed by atoms with Crippen molar-refractivity contribution in [3.8, 4) is 11.8 Å². The van der Waals surface area contributed by atoms with E-state index in [4.69, 9.17) is 14.5 Å². The highest BCUT2D eigenvalue weighted by atomic mass is 16.5. The Balaban J connectivity index is 1.76. The Bertz CT molecular complexity index is 503. The maximum absolute atomic E-state index is 8.70. The Morgan fingerprint density at radius 1 is 1.35 bits per heavy atom. The second kappa shape index (κ2) is 5.66. The molecule has 0 atom stereocenters. The van der Waals surface area contributed by atoms with E-state index >= 15 is 0 Å². The predicted molar refractivity (Wildman–Crippen MR) is 59.3 cm³/mol. The van der Waals surface area contributed by atoms with E-state index in [0.717, 1.165) is 18.4 Å². The molecule has 0 aliphatic carbocycles. The van der Waals surface area contributed by atoms with Crippen molar-refractivity contribution in [1.29, 1.82) is 5.26 Å². The van der Waals surface area contributed by atoms with Crippen LogP contribution in [0.5, 0.6) is 5.75 Å². The van der Waals surface area contributed by atoms with Gasteiger partial charge in [-0.05, 0) is 12.8 Å². The molecule has 2 aromatic rings. The van der Waals surface area contributed by atoms with Crippen LogP contribution in [0.1, 0.15) is 17.5 Å². The zero-order valence-corrected chi connectivity index (χ0v) is 9.17. The number of ether oxygens (including phenoxy) is 1. The highest BCUT2D eigenvalue weighted by Crippen LogP contribution is 2.11. The van der Waals surface area contributed by atoms with Gasteiger partial charge in [-0.2, -0.15) is 5.26 Å². The van der Waals surface area contributed by atoms with Crippen molar-refractivity contribution in [2.75, 3.05) is 6.61 Å². The second-order valence-corrected chi connectivity index (χ2v) is 3.51. The van der Waals surface area contributed by atoms with Gasteiger partial charge < -0.3 is 9.26 Å². The van der Waals surface area contributed by atoms with Crippen molar-refractivity contribution in [2.24, 2.45) is 0 Å². The Kier molecular flexibility index (Phi) is 3.71. The van der Waals surface area contributed by atoms with Crippen molar-refractivity contribution in [3.05, 3.63) is 42.0 Å². The van der Waals surface area contributed by atoms with Crippen molar-refractivity contribution < 1.29 is 9.26 Å². The minimum absolute atomic E-state index is 0.501. The Morgan fingerprint density at radius 2 is 2.29 bits per heavy atom. The average Bonchev–Trinajstić information content (AvgIpc) is 2.88. The lowest BCUT2D eigenvalue weighted by atomic mass is 10.2. The van der Waals surface area contributed by atoms with Crippen molar-refractivity contribution in [1.82, 2.24) is 10.1 Å². The molecule has 0 aromatic carbocycles. The van der Waals surface area contributed by atoms with E-state index < -0.39 is 0 Å². The number of hydrogen-bond acceptors (Lipinski definition) is 5. The third-order valence-electron chi connectivity index (χ3n) is 2.20. The van der Waals surface area contributed by atoms with Gasteiger partial charge in [0.05, 0.1) is 24.6 Å². The van der Waals surface area contributed by atoms with Crippen LogP contribution in [0.25, 0.3) is 0 Å². The Labute approximate surface area is 98.6 Å². The smallest absolute Gasteiger partial charge is 0.138 e. The summed E-state index contributed by atoms with van der Waals surface area (Å²) in [7, 11) is 0. The van der Waals surface area contributed by atoms with Gasteiger partial charge in [0.15, 0.2) is 0 Å². The number of nitriles is 1. The lowest BCUT2D eigenvalue weighted by Crippen LogP contribution is -1.99. The van der Waals surface area contributed by atoms with Gasteiger partial charge in [-0.15, -0.1) is 0 Å². The molecule has 5 nitrogen and oxygen atoms in total. The number of rotatable bonds is 5. The van der Waals surface area contributed by atoms with Crippen LogP contribution in [0, 0.1) is 11.3 Å². The molecule has 17 heavy (non-hydrogen) atoms. The molecule has 2 heterocycles. The summed E-state index contributed by atoms with van der Waals surface area (Å²) in [6.45, 7) is 0.571. The number of pyridine rings is 1. The molecule has 0 radical (unpaired) electrons. The fourth-order valence-electron chi connectivity index (χ4n) is 1.38. The zero-order valence-electron chi connectivity index (χ0n) is 9.17. The van der Waals surface area contributed by atoms with E-state index in [-0.39, 0.29) is 0 Å². The molecule has 0 saturated heterocycles. The van der Waals surface area contributed by atoms with E-state index in [2.05, 4.69) is 10.1 Å². The first-order valence-electron chi connectivity index (χ1n) is 5.24. The topological polar surface area (TPSA) is 71.9 Å². The van der Waals surface area contributed by atoms with Gasteiger partial charge in [-0.3, -0.25) is 4.98 Å². The average molecular weight is 229 g/mol. The number of aryl methyl sites for hydroxylation is 1. The summed E-state index contributed by atoms with van der Waals surface area (Å²) in [6, 6.07) is 3.69. The van der Waals surface area contributed by atoms with Gasteiger partial charge in [0, 0.05) is 17.8 Å². The third-order valence-corrected chi connectivity index (χ3v) is 2.20. The van der Waals surface area contributed by atoms with Crippen LogP contribution in [0.3, 0.4) is 0 Å². The highest BCUT2D eigenvalue weighted by molar-refractivity contribution is 5.32. The number of hydrogen-bond donors (Lipinski definition) is 0. The molecule has 2 rings (SSSR count). The molecule has 0 saturated carbocycles. The van der Waals surface area contributed by atoms with Crippen LogP contribution < -0.4 is 4.74 Å². The predicted octanol–water partition coefficient (Wildman–Crippen LogP) is 1.95. The van der Waals surface area contributed by atoms with Gasteiger partial charge in [0.1, 0.15) is 18.1 Å². The van der Waals surface area contributed by atoms with Gasteiger partial charge in [-0.25, -0.2) is 0 Å². The molecule has 2 aromatic heterocycles. The van der Waals surface area contributed by atoms with Crippen molar-refractivity contribution in [3.63, 3.8) is 0 Å². The molecule has 0 aliphatic rings. The molecular weight excluding hydrogens is 218 g/mol. The first-order valence-corrected chi connectivity index (χ1v) is 5.24. The molecule has 86 valence electrons. The molecule has 0 bridgehead atoms. The fraction of sp³-hybridized carbons (Fsp3) is 0.250. The van der Waals surface area contributed by atoms with Crippen molar-refractivity contribution in [2.45, 2.75) is 12.8 Å². The molecule has 0 unspecified atom stereocenters. The van der Waals surface area contributed by atoms with Crippen LogP contribution in [-0.4, -0.2) is 16.7 Å². The van der Waals surface area contributed by atoms with E-state index in [9.17, 15) is 0 Å². The number of nitrogens with zero attached hydrogens (tertiary/aromatic N) is 3. The molecule has 5 heteroatoms. The second-order valence-electron chi connectivity index (χ2n) is 3.51. The van der Waals surface area contributed by atoms with E-state index in [0.29, 0.717) is 17.9 Å². The minimum atomic E-state index is 0.501. The van der Waals surface area contributed by atoms with Crippen LogP contribution in [0.2, 0.25) is 0 Å². The summed E-state index contributed by atoms with van der Waals surface area (Å²) in [4.78, 5) is 3.91. The summed E-state index contributed by atoms with van der Waals surface area (Å²) < 4.78 is 10.2. The summed E-state index contributed by atoms with van der Waals surface area (Å²) in [5.41, 5.74) is 1.55.